The zero-order valence-electron chi connectivity index (χ0n) is 12.5. The number of hydrogen-bond acceptors (Lipinski definition) is 3. The maximum Gasteiger partial charge on any atom is 0.410 e. The standard InChI is InChI=1S/C14H28N2O2/c1-11(2)16(13(17)18-14(3,4)5)10-12-7-6-8-15-9-12/h11-12,15H,6-10H2,1-5H3. The molecule has 1 fully saturated rings. The average molecular weight is 256 g/mol. The summed E-state index contributed by atoms with van der Waals surface area (Å²) in [7, 11) is 0. The van der Waals surface area contributed by atoms with Crippen molar-refractivity contribution in [1.82, 2.24) is 10.2 Å². The van der Waals surface area contributed by atoms with E-state index in [0.717, 1.165) is 19.6 Å². The van der Waals surface area contributed by atoms with Crippen molar-refractivity contribution in [1.29, 1.82) is 0 Å². The van der Waals surface area contributed by atoms with E-state index in [1.807, 2.05) is 39.5 Å². The minimum absolute atomic E-state index is 0.182. The third-order valence-corrected chi connectivity index (χ3v) is 3.11. The third kappa shape index (κ3) is 5.25. The van der Waals surface area contributed by atoms with Crippen molar-refractivity contribution in [3.8, 4) is 0 Å². The van der Waals surface area contributed by atoms with Gasteiger partial charge < -0.3 is 15.0 Å². The smallest absolute Gasteiger partial charge is 0.410 e. The summed E-state index contributed by atoms with van der Waals surface area (Å²) in [6.07, 6.45) is 2.20. The van der Waals surface area contributed by atoms with Gasteiger partial charge in [0.25, 0.3) is 0 Å². The average Bonchev–Trinajstić information content (AvgIpc) is 2.24. The summed E-state index contributed by atoms with van der Waals surface area (Å²) in [6.45, 7) is 12.7. The van der Waals surface area contributed by atoms with Gasteiger partial charge in [0, 0.05) is 12.6 Å². The summed E-state index contributed by atoms with van der Waals surface area (Å²) in [6, 6.07) is 0.182. The van der Waals surface area contributed by atoms with Crippen LogP contribution in [0.3, 0.4) is 0 Å². The molecule has 4 nitrogen and oxygen atoms in total. The highest BCUT2D eigenvalue weighted by atomic mass is 16.6. The molecule has 1 aliphatic heterocycles. The molecule has 1 N–H and O–H groups in total. The van der Waals surface area contributed by atoms with Crippen LogP contribution in [0.4, 0.5) is 4.79 Å². The number of hydrogen-bond donors (Lipinski definition) is 1. The van der Waals surface area contributed by atoms with E-state index in [1.54, 1.807) is 0 Å². The van der Waals surface area contributed by atoms with E-state index in [-0.39, 0.29) is 12.1 Å². The number of piperidine rings is 1. The highest BCUT2D eigenvalue weighted by Gasteiger charge is 2.27. The molecule has 0 saturated carbocycles. The van der Waals surface area contributed by atoms with Crippen molar-refractivity contribution < 1.29 is 9.53 Å². The summed E-state index contributed by atoms with van der Waals surface area (Å²) >= 11 is 0. The first-order valence-corrected chi connectivity index (χ1v) is 7.00. The molecule has 4 heteroatoms. The van der Waals surface area contributed by atoms with Gasteiger partial charge in [0.05, 0.1) is 0 Å². The molecule has 1 saturated heterocycles. The van der Waals surface area contributed by atoms with Gasteiger partial charge in [0.1, 0.15) is 5.60 Å². The van der Waals surface area contributed by atoms with Crippen LogP contribution in [0.5, 0.6) is 0 Å². The molecular formula is C14H28N2O2. The zero-order valence-corrected chi connectivity index (χ0v) is 12.5. The van der Waals surface area contributed by atoms with Gasteiger partial charge in [-0.3, -0.25) is 0 Å². The Labute approximate surface area is 111 Å². The molecule has 0 aromatic heterocycles. The number of carbonyl (C=O) groups excluding carboxylic acids is 1. The molecule has 1 aliphatic rings. The first-order chi connectivity index (χ1) is 8.29. The van der Waals surface area contributed by atoms with Crippen LogP contribution in [0.15, 0.2) is 0 Å². The van der Waals surface area contributed by atoms with Gasteiger partial charge in [0.15, 0.2) is 0 Å². The van der Waals surface area contributed by atoms with E-state index in [4.69, 9.17) is 4.74 Å². The lowest BCUT2D eigenvalue weighted by molar-refractivity contribution is 0.0148. The van der Waals surface area contributed by atoms with Crippen molar-refractivity contribution in [2.75, 3.05) is 19.6 Å². The van der Waals surface area contributed by atoms with Crippen molar-refractivity contribution in [2.45, 2.75) is 59.1 Å². The van der Waals surface area contributed by atoms with Gasteiger partial charge >= 0.3 is 6.09 Å². The maximum atomic E-state index is 12.2. The summed E-state index contributed by atoms with van der Waals surface area (Å²) in [4.78, 5) is 14.0. The number of rotatable bonds is 3. The van der Waals surface area contributed by atoms with Crippen LogP contribution in [0.25, 0.3) is 0 Å². The highest BCUT2D eigenvalue weighted by molar-refractivity contribution is 5.68. The predicted octanol–water partition coefficient (Wildman–Crippen LogP) is 2.63. The Kier molecular flexibility index (Phi) is 5.45. The Bertz CT molecular complexity index is 265. The highest BCUT2D eigenvalue weighted by Crippen LogP contribution is 2.17. The van der Waals surface area contributed by atoms with Crippen LogP contribution >= 0.6 is 0 Å². The molecule has 1 rings (SSSR count). The predicted molar refractivity (Wildman–Crippen MR) is 73.7 cm³/mol. The van der Waals surface area contributed by atoms with E-state index in [2.05, 4.69) is 5.32 Å². The van der Waals surface area contributed by atoms with E-state index in [1.165, 1.54) is 12.8 Å². The van der Waals surface area contributed by atoms with Gasteiger partial charge in [-0.25, -0.2) is 4.79 Å². The number of amides is 1. The lowest BCUT2D eigenvalue weighted by Crippen LogP contribution is -2.46. The fourth-order valence-electron chi connectivity index (χ4n) is 2.17. The lowest BCUT2D eigenvalue weighted by atomic mass is 9.99. The van der Waals surface area contributed by atoms with E-state index in [0.29, 0.717) is 5.92 Å². The normalized spacial score (nSPS) is 20.9. The summed E-state index contributed by atoms with van der Waals surface area (Å²) < 4.78 is 5.47. The van der Waals surface area contributed by atoms with E-state index in [9.17, 15) is 4.79 Å². The van der Waals surface area contributed by atoms with E-state index < -0.39 is 5.60 Å². The van der Waals surface area contributed by atoms with Crippen LogP contribution in [0.2, 0.25) is 0 Å². The fraction of sp³-hybridized carbons (Fsp3) is 0.929. The lowest BCUT2D eigenvalue weighted by Gasteiger charge is -2.34. The monoisotopic (exact) mass is 256 g/mol. The molecule has 1 heterocycles. The molecular weight excluding hydrogens is 228 g/mol. The Morgan fingerprint density at radius 3 is 2.56 bits per heavy atom. The second-order valence-electron chi connectivity index (χ2n) is 6.44. The zero-order chi connectivity index (χ0) is 13.8. The molecule has 0 aromatic carbocycles. The largest absolute Gasteiger partial charge is 0.444 e. The molecule has 1 unspecified atom stereocenters. The summed E-state index contributed by atoms with van der Waals surface area (Å²) in [5.41, 5.74) is -0.422. The second kappa shape index (κ2) is 6.41. The number of nitrogens with zero attached hydrogens (tertiary/aromatic N) is 1. The minimum atomic E-state index is -0.422. The van der Waals surface area contributed by atoms with Crippen LogP contribution in [-0.4, -0.2) is 42.3 Å². The van der Waals surface area contributed by atoms with Crippen molar-refractivity contribution in [3.63, 3.8) is 0 Å². The molecule has 0 aromatic rings. The molecule has 0 spiro atoms. The first kappa shape index (κ1) is 15.3. The van der Waals surface area contributed by atoms with Gasteiger partial charge in [-0.05, 0) is 66.5 Å². The number of ether oxygens (including phenoxy) is 1. The number of carbonyl (C=O) groups is 1. The quantitative estimate of drug-likeness (QED) is 0.844. The first-order valence-electron chi connectivity index (χ1n) is 7.00. The molecule has 1 atom stereocenters. The van der Waals surface area contributed by atoms with Crippen LogP contribution in [-0.2, 0) is 4.74 Å². The molecule has 0 bridgehead atoms. The van der Waals surface area contributed by atoms with Crippen LogP contribution < -0.4 is 5.32 Å². The van der Waals surface area contributed by atoms with Crippen molar-refractivity contribution in [2.24, 2.45) is 5.92 Å². The molecule has 18 heavy (non-hydrogen) atoms. The van der Waals surface area contributed by atoms with Crippen molar-refractivity contribution >= 4 is 6.09 Å². The molecule has 0 radical (unpaired) electrons. The summed E-state index contributed by atoms with van der Waals surface area (Å²) in [5, 5.41) is 3.39. The van der Waals surface area contributed by atoms with Gasteiger partial charge in [-0.15, -0.1) is 0 Å². The topological polar surface area (TPSA) is 41.6 Å². The Morgan fingerprint density at radius 2 is 2.11 bits per heavy atom. The maximum absolute atomic E-state index is 12.2. The Balaban J connectivity index is 2.55. The summed E-state index contributed by atoms with van der Waals surface area (Å²) in [5.74, 6) is 0.550. The molecule has 0 aliphatic carbocycles. The van der Waals surface area contributed by atoms with E-state index >= 15 is 0 Å². The molecule has 1 amide bonds. The number of nitrogens with one attached hydrogen (secondary N) is 1. The van der Waals surface area contributed by atoms with Crippen LogP contribution in [0.1, 0.15) is 47.5 Å². The Morgan fingerprint density at radius 1 is 1.44 bits per heavy atom. The van der Waals surface area contributed by atoms with Crippen molar-refractivity contribution in [3.05, 3.63) is 0 Å². The minimum Gasteiger partial charge on any atom is -0.444 e. The van der Waals surface area contributed by atoms with Gasteiger partial charge in [-0.2, -0.15) is 0 Å². The molecule has 106 valence electrons. The second-order valence-corrected chi connectivity index (χ2v) is 6.44. The third-order valence-electron chi connectivity index (χ3n) is 3.11. The van der Waals surface area contributed by atoms with Gasteiger partial charge in [0.2, 0.25) is 0 Å². The van der Waals surface area contributed by atoms with Gasteiger partial charge in [-0.1, -0.05) is 0 Å². The Hall–Kier alpha value is -0.770. The fourth-order valence-corrected chi connectivity index (χ4v) is 2.17. The SMILES string of the molecule is CC(C)N(CC1CCCNC1)C(=O)OC(C)(C)C. The van der Waals surface area contributed by atoms with Crippen LogP contribution in [0, 0.1) is 5.92 Å².